The molecule has 5 heteroatoms. The first-order chi connectivity index (χ1) is 11.1. The fourth-order valence-electron chi connectivity index (χ4n) is 1.81. The van der Waals surface area contributed by atoms with Gasteiger partial charge in [-0.05, 0) is 35.9 Å². The molecule has 0 unspecified atom stereocenters. The van der Waals surface area contributed by atoms with Crippen LogP contribution in [0.1, 0.15) is 5.56 Å². The molecule has 0 saturated heterocycles. The van der Waals surface area contributed by atoms with Crippen LogP contribution in [0.2, 0.25) is 0 Å². The Morgan fingerprint density at radius 2 is 1.65 bits per heavy atom. The van der Waals surface area contributed by atoms with Crippen molar-refractivity contribution in [2.45, 2.75) is 0 Å². The van der Waals surface area contributed by atoms with Crippen molar-refractivity contribution in [3.8, 4) is 5.75 Å². The van der Waals surface area contributed by atoms with Crippen LogP contribution in [-0.4, -0.2) is 26.2 Å². The Bertz CT molecular complexity index is 693. The average molecular weight is 311 g/mol. The molecule has 0 spiro atoms. The van der Waals surface area contributed by atoms with E-state index in [9.17, 15) is 9.59 Å². The largest absolute Gasteiger partial charge is 0.466 e. The van der Waals surface area contributed by atoms with Gasteiger partial charge in [-0.2, -0.15) is 0 Å². The highest BCUT2D eigenvalue weighted by Gasteiger charge is 2.12. The van der Waals surface area contributed by atoms with E-state index in [1.165, 1.54) is 18.1 Å². The molecule has 0 bridgehead atoms. The number of hydrogen-bond acceptors (Lipinski definition) is 4. The van der Waals surface area contributed by atoms with Crippen LogP contribution in [0.4, 0.5) is 10.5 Å². The summed E-state index contributed by atoms with van der Waals surface area (Å²) in [5.74, 6) is -0.00186. The highest BCUT2D eigenvalue weighted by Crippen LogP contribution is 2.17. The average Bonchev–Trinajstić information content (AvgIpc) is 2.60. The summed E-state index contributed by atoms with van der Waals surface area (Å²) in [6.45, 7) is 0. The van der Waals surface area contributed by atoms with Gasteiger partial charge in [-0.3, -0.25) is 4.90 Å². The van der Waals surface area contributed by atoms with Gasteiger partial charge in [0.2, 0.25) is 0 Å². The Morgan fingerprint density at radius 3 is 2.26 bits per heavy atom. The number of ether oxygens (including phenoxy) is 2. The van der Waals surface area contributed by atoms with Crippen LogP contribution in [0.5, 0.6) is 5.75 Å². The van der Waals surface area contributed by atoms with Gasteiger partial charge in [-0.25, -0.2) is 9.59 Å². The number of anilines is 1. The summed E-state index contributed by atoms with van der Waals surface area (Å²) in [5, 5.41) is 0. The van der Waals surface area contributed by atoms with Gasteiger partial charge in [-0.1, -0.05) is 30.3 Å². The lowest BCUT2D eigenvalue weighted by Crippen LogP contribution is -2.29. The van der Waals surface area contributed by atoms with Gasteiger partial charge in [0.1, 0.15) is 5.75 Å². The first kappa shape index (κ1) is 16.3. The smallest absolute Gasteiger partial charge is 0.419 e. The molecule has 5 nitrogen and oxygen atoms in total. The Labute approximate surface area is 134 Å². The van der Waals surface area contributed by atoms with Crippen molar-refractivity contribution in [1.82, 2.24) is 0 Å². The quantitative estimate of drug-likeness (QED) is 0.640. The zero-order valence-electron chi connectivity index (χ0n) is 12.9. The molecule has 0 fully saturated rings. The fourth-order valence-corrected chi connectivity index (χ4v) is 1.81. The molecule has 1 amide bonds. The summed E-state index contributed by atoms with van der Waals surface area (Å²) in [5.41, 5.74) is 1.54. The summed E-state index contributed by atoms with van der Waals surface area (Å²) in [6, 6.07) is 16.0. The van der Waals surface area contributed by atoms with Crippen molar-refractivity contribution < 1.29 is 19.1 Å². The molecule has 2 aromatic rings. The third-order valence-corrected chi connectivity index (χ3v) is 3.12. The second kappa shape index (κ2) is 7.79. The van der Waals surface area contributed by atoms with E-state index in [4.69, 9.17) is 4.74 Å². The molecular weight excluding hydrogens is 294 g/mol. The minimum atomic E-state index is -0.478. The molecule has 0 radical (unpaired) electrons. The number of amides is 1. The maximum atomic E-state index is 12.1. The molecule has 0 saturated carbocycles. The van der Waals surface area contributed by atoms with Gasteiger partial charge in [0.25, 0.3) is 0 Å². The van der Waals surface area contributed by atoms with Crippen molar-refractivity contribution in [2.75, 3.05) is 19.1 Å². The lowest BCUT2D eigenvalue weighted by atomic mass is 10.2. The number of hydrogen-bond donors (Lipinski definition) is 0. The Morgan fingerprint density at radius 1 is 1.00 bits per heavy atom. The van der Waals surface area contributed by atoms with Gasteiger partial charge in [0.15, 0.2) is 0 Å². The molecule has 0 aromatic heterocycles. The Balaban J connectivity index is 1.99. The predicted molar refractivity (Wildman–Crippen MR) is 88.4 cm³/mol. The SMILES string of the molecule is COC(=O)/C=C/c1ccc(OC(=O)N(C)c2ccccc2)cc1. The second-order valence-electron chi connectivity index (χ2n) is 4.69. The molecule has 118 valence electrons. The monoisotopic (exact) mass is 311 g/mol. The number of carbonyl (C=O) groups excluding carboxylic acids is 2. The molecule has 0 aliphatic heterocycles. The highest BCUT2D eigenvalue weighted by molar-refractivity contribution is 5.88. The van der Waals surface area contributed by atoms with E-state index in [0.29, 0.717) is 5.75 Å². The van der Waals surface area contributed by atoms with Gasteiger partial charge in [0, 0.05) is 18.8 Å². The van der Waals surface area contributed by atoms with E-state index >= 15 is 0 Å². The first-order valence-corrected chi connectivity index (χ1v) is 6.97. The summed E-state index contributed by atoms with van der Waals surface area (Å²) in [7, 11) is 2.96. The summed E-state index contributed by atoms with van der Waals surface area (Å²) in [6.07, 6.45) is 2.46. The van der Waals surface area contributed by atoms with Gasteiger partial charge < -0.3 is 9.47 Å². The lowest BCUT2D eigenvalue weighted by molar-refractivity contribution is -0.134. The second-order valence-corrected chi connectivity index (χ2v) is 4.69. The molecule has 23 heavy (non-hydrogen) atoms. The lowest BCUT2D eigenvalue weighted by Gasteiger charge is -2.16. The Hall–Kier alpha value is -3.08. The van der Waals surface area contributed by atoms with Gasteiger partial charge >= 0.3 is 12.1 Å². The molecule has 0 atom stereocenters. The van der Waals surface area contributed by atoms with Crippen LogP contribution < -0.4 is 9.64 Å². The number of para-hydroxylation sites is 1. The predicted octanol–water partition coefficient (Wildman–Crippen LogP) is 3.51. The number of esters is 1. The molecule has 0 aliphatic rings. The maximum Gasteiger partial charge on any atom is 0.419 e. The van der Waals surface area contributed by atoms with E-state index in [1.54, 1.807) is 37.4 Å². The summed E-state index contributed by atoms with van der Waals surface area (Å²) < 4.78 is 9.82. The normalized spacial score (nSPS) is 10.3. The van der Waals surface area contributed by atoms with Crippen LogP contribution in [0.25, 0.3) is 6.08 Å². The number of nitrogens with zero attached hydrogens (tertiary/aromatic N) is 1. The van der Waals surface area contributed by atoms with Gasteiger partial charge in [0.05, 0.1) is 7.11 Å². The standard InChI is InChI=1S/C18H17NO4/c1-19(15-6-4-3-5-7-15)18(21)23-16-11-8-14(9-12-16)10-13-17(20)22-2/h3-13H,1-2H3/b13-10+. The third kappa shape index (κ3) is 4.71. The number of rotatable bonds is 4. The molecule has 0 aliphatic carbocycles. The summed E-state index contributed by atoms with van der Waals surface area (Å²) in [4.78, 5) is 24.5. The van der Waals surface area contributed by atoms with E-state index in [1.807, 2.05) is 30.3 Å². The van der Waals surface area contributed by atoms with Crippen molar-refractivity contribution in [1.29, 1.82) is 0 Å². The molecule has 2 aromatic carbocycles. The van der Waals surface area contributed by atoms with E-state index in [0.717, 1.165) is 11.3 Å². The van der Waals surface area contributed by atoms with Gasteiger partial charge in [-0.15, -0.1) is 0 Å². The van der Waals surface area contributed by atoms with Crippen molar-refractivity contribution in [2.24, 2.45) is 0 Å². The van der Waals surface area contributed by atoms with Crippen molar-refractivity contribution in [3.05, 3.63) is 66.2 Å². The number of methoxy groups -OCH3 is 1. The minimum Gasteiger partial charge on any atom is -0.466 e. The highest BCUT2D eigenvalue weighted by atomic mass is 16.6. The van der Waals surface area contributed by atoms with E-state index < -0.39 is 12.1 Å². The molecule has 2 rings (SSSR count). The maximum absolute atomic E-state index is 12.1. The van der Waals surface area contributed by atoms with Crippen molar-refractivity contribution in [3.63, 3.8) is 0 Å². The molecule has 0 heterocycles. The van der Waals surface area contributed by atoms with E-state index in [-0.39, 0.29) is 0 Å². The van der Waals surface area contributed by atoms with Crippen molar-refractivity contribution >= 4 is 23.8 Å². The third-order valence-electron chi connectivity index (χ3n) is 3.12. The first-order valence-electron chi connectivity index (χ1n) is 6.97. The molecular formula is C18H17NO4. The molecule has 0 N–H and O–H groups in total. The van der Waals surface area contributed by atoms with E-state index in [2.05, 4.69) is 4.74 Å². The van der Waals surface area contributed by atoms with Crippen LogP contribution in [0.3, 0.4) is 0 Å². The van der Waals surface area contributed by atoms with Crippen LogP contribution in [-0.2, 0) is 9.53 Å². The Kier molecular flexibility index (Phi) is 5.52. The topological polar surface area (TPSA) is 55.8 Å². The van der Waals surface area contributed by atoms with Crippen LogP contribution in [0, 0.1) is 0 Å². The zero-order chi connectivity index (χ0) is 16.7. The number of carbonyl (C=O) groups is 2. The zero-order valence-corrected chi connectivity index (χ0v) is 12.9. The minimum absolute atomic E-state index is 0.424. The summed E-state index contributed by atoms with van der Waals surface area (Å²) >= 11 is 0. The van der Waals surface area contributed by atoms with Crippen LogP contribution in [0.15, 0.2) is 60.7 Å². The number of benzene rings is 2. The fraction of sp³-hybridized carbons (Fsp3) is 0.111. The van der Waals surface area contributed by atoms with Crippen LogP contribution >= 0.6 is 0 Å².